The topological polar surface area (TPSA) is 142 Å². The molecule has 0 radical (unpaired) electrons. The van der Waals surface area contributed by atoms with Gasteiger partial charge in [0.15, 0.2) is 6.23 Å². The number of carbonyl (C=O) groups is 4. The van der Waals surface area contributed by atoms with Gasteiger partial charge in [0.05, 0.1) is 0 Å². The molecule has 0 rings (SSSR count). The molecule has 9 nitrogen and oxygen atoms in total. The zero-order valence-corrected chi connectivity index (χ0v) is 10.6. The van der Waals surface area contributed by atoms with E-state index in [0.717, 1.165) is 0 Å². The summed E-state index contributed by atoms with van der Waals surface area (Å²) in [5.41, 5.74) is 0. The van der Waals surface area contributed by atoms with E-state index < -0.39 is 36.7 Å². The van der Waals surface area contributed by atoms with Crippen LogP contribution in [0.5, 0.6) is 0 Å². The van der Waals surface area contributed by atoms with Gasteiger partial charge in [0.2, 0.25) is 0 Å². The van der Waals surface area contributed by atoms with Gasteiger partial charge in [-0.1, -0.05) is 0 Å². The van der Waals surface area contributed by atoms with Crippen LogP contribution < -0.4 is 10.6 Å². The van der Waals surface area contributed by atoms with Crippen molar-refractivity contribution in [3.05, 3.63) is 0 Å². The first-order valence-corrected chi connectivity index (χ1v) is 5.75. The maximum absolute atomic E-state index is 11.4. The van der Waals surface area contributed by atoms with Crippen molar-refractivity contribution >= 4 is 37.1 Å². The maximum atomic E-state index is 11.4. The Morgan fingerprint density at radius 3 is 2.32 bits per heavy atom. The van der Waals surface area contributed by atoms with E-state index in [1.807, 2.05) is 0 Å². The lowest BCUT2D eigenvalue weighted by Crippen LogP contribution is -2.50. The summed E-state index contributed by atoms with van der Waals surface area (Å²) in [5.74, 6) is -2.54. The number of carbonyl (C=O) groups excluding carboxylic acids is 2. The van der Waals surface area contributed by atoms with Crippen LogP contribution in [-0.2, 0) is 19.1 Å². The summed E-state index contributed by atoms with van der Waals surface area (Å²) in [6.45, 7) is 0.111. The Labute approximate surface area is 113 Å². The van der Waals surface area contributed by atoms with Crippen molar-refractivity contribution in [3.63, 3.8) is 0 Å². The maximum Gasteiger partial charge on any atom is 0.326 e. The van der Waals surface area contributed by atoms with Gasteiger partial charge >= 0.3 is 18.0 Å². The predicted molar refractivity (Wildman–Crippen MR) is 64.8 cm³/mol. The second-order valence-corrected chi connectivity index (χ2v) is 3.71. The van der Waals surface area contributed by atoms with Crippen LogP contribution in [0.3, 0.4) is 0 Å². The number of rotatable bonds is 9. The lowest BCUT2D eigenvalue weighted by molar-refractivity contribution is -0.141. The number of thiol groups is 1. The molecule has 0 fully saturated rings. The molecule has 0 aromatic rings. The van der Waals surface area contributed by atoms with E-state index in [4.69, 9.17) is 10.2 Å². The van der Waals surface area contributed by atoms with Crippen molar-refractivity contribution in [2.24, 2.45) is 0 Å². The Kier molecular flexibility index (Phi) is 8.09. The van der Waals surface area contributed by atoms with E-state index in [1.54, 1.807) is 0 Å². The molecule has 0 heterocycles. The fourth-order valence-electron chi connectivity index (χ4n) is 1.06. The van der Waals surface area contributed by atoms with Gasteiger partial charge in [-0.05, 0) is 6.42 Å². The molecule has 2 atom stereocenters. The molecule has 0 bridgehead atoms. The Morgan fingerprint density at radius 2 is 1.89 bits per heavy atom. The largest absolute Gasteiger partial charge is 0.481 e. The normalized spacial score (nSPS) is 12.9. The smallest absolute Gasteiger partial charge is 0.326 e. The van der Waals surface area contributed by atoms with Gasteiger partial charge in [0, 0.05) is 12.2 Å². The van der Waals surface area contributed by atoms with Crippen molar-refractivity contribution in [2.75, 3.05) is 5.75 Å². The van der Waals surface area contributed by atoms with Crippen LogP contribution >= 0.6 is 12.6 Å². The van der Waals surface area contributed by atoms with E-state index in [2.05, 4.69) is 28.0 Å². The van der Waals surface area contributed by atoms with Gasteiger partial charge in [-0.15, -0.1) is 0 Å². The second kappa shape index (κ2) is 9.03. The molecule has 4 N–H and O–H groups in total. The Hall–Kier alpha value is -1.97. The first-order chi connectivity index (χ1) is 8.90. The van der Waals surface area contributed by atoms with Crippen molar-refractivity contribution in [1.82, 2.24) is 10.6 Å². The van der Waals surface area contributed by atoms with Gasteiger partial charge in [-0.3, -0.25) is 9.59 Å². The van der Waals surface area contributed by atoms with Gasteiger partial charge in [-0.2, -0.15) is 12.6 Å². The lowest BCUT2D eigenvalue weighted by atomic mass is 10.1. The number of aliphatic carboxylic acids is 2. The van der Waals surface area contributed by atoms with Crippen LogP contribution in [0.15, 0.2) is 0 Å². The average Bonchev–Trinajstić information content (AvgIpc) is 2.33. The van der Waals surface area contributed by atoms with Gasteiger partial charge < -0.3 is 25.6 Å². The zero-order valence-electron chi connectivity index (χ0n) is 9.74. The molecule has 0 spiro atoms. The number of carboxylic acids is 2. The molecule has 19 heavy (non-hydrogen) atoms. The highest BCUT2D eigenvalue weighted by Crippen LogP contribution is 1.98. The molecule has 0 aliphatic heterocycles. The summed E-state index contributed by atoms with van der Waals surface area (Å²) in [4.78, 5) is 42.6. The Balaban J connectivity index is 4.33. The summed E-state index contributed by atoms with van der Waals surface area (Å²) in [6.07, 6.45) is -1.68. The minimum absolute atomic E-state index is 0.000968. The third-order valence-electron chi connectivity index (χ3n) is 1.93. The highest BCUT2D eigenvalue weighted by molar-refractivity contribution is 7.80. The van der Waals surface area contributed by atoms with Crippen molar-refractivity contribution in [1.29, 1.82) is 0 Å². The molecule has 0 unspecified atom stereocenters. The predicted octanol–water partition coefficient (Wildman–Crippen LogP) is -0.968. The molecule has 0 aromatic heterocycles. The molecule has 10 heteroatoms. The molecule has 0 saturated heterocycles. The van der Waals surface area contributed by atoms with E-state index in [9.17, 15) is 19.2 Å². The lowest BCUT2D eigenvalue weighted by Gasteiger charge is -2.18. The number of amides is 2. The number of carboxylic acid groups (broad SMARTS) is 2. The van der Waals surface area contributed by atoms with Crippen molar-refractivity contribution in [3.8, 4) is 0 Å². The van der Waals surface area contributed by atoms with E-state index in [0.29, 0.717) is 0 Å². The summed E-state index contributed by atoms with van der Waals surface area (Å²) in [6, 6.07) is -2.26. The molecule has 0 saturated carbocycles. The first-order valence-electron chi connectivity index (χ1n) is 5.12. The monoisotopic (exact) mass is 294 g/mol. The Bertz CT molecular complexity index is 349. The van der Waals surface area contributed by atoms with Crippen LogP contribution in [-0.4, -0.2) is 52.7 Å². The highest BCUT2D eigenvalue weighted by atomic mass is 32.1. The summed E-state index contributed by atoms with van der Waals surface area (Å²) >= 11 is 3.80. The molecule has 0 aliphatic carbocycles. The second-order valence-electron chi connectivity index (χ2n) is 3.34. The summed E-state index contributed by atoms with van der Waals surface area (Å²) in [5, 5.41) is 21.4. The van der Waals surface area contributed by atoms with Gasteiger partial charge in [0.25, 0.3) is 6.47 Å². The third-order valence-corrected chi connectivity index (χ3v) is 2.26. The third kappa shape index (κ3) is 7.86. The fourth-order valence-corrected chi connectivity index (χ4v) is 1.24. The minimum Gasteiger partial charge on any atom is -0.481 e. The van der Waals surface area contributed by atoms with Crippen molar-refractivity contribution < 1.29 is 34.1 Å². The van der Waals surface area contributed by atoms with Gasteiger partial charge in [0.1, 0.15) is 6.04 Å². The van der Waals surface area contributed by atoms with Crippen LogP contribution in [0.25, 0.3) is 0 Å². The standard InChI is InChI=1S/C9H14N2O7S/c12-4-18-6(3-19)11-9(17)10-5(8(15)16)1-2-7(13)14/h4-6,19H,1-3H2,(H,13,14)(H,15,16)(H2,10,11,17)/t5-,6+/m0/s1. The van der Waals surface area contributed by atoms with E-state index >= 15 is 0 Å². The molecule has 108 valence electrons. The molecule has 2 amide bonds. The highest BCUT2D eigenvalue weighted by Gasteiger charge is 2.22. The Morgan fingerprint density at radius 1 is 1.26 bits per heavy atom. The average molecular weight is 294 g/mol. The van der Waals surface area contributed by atoms with Crippen molar-refractivity contribution in [2.45, 2.75) is 25.1 Å². The molecule has 0 aliphatic rings. The zero-order chi connectivity index (χ0) is 14.8. The molecular formula is C9H14N2O7S. The number of hydrogen-bond acceptors (Lipinski definition) is 6. The first kappa shape index (κ1) is 17.0. The number of urea groups is 1. The molecule has 0 aromatic carbocycles. The number of nitrogens with one attached hydrogen (secondary N) is 2. The van der Waals surface area contributed by atoms with E-state index in [1.165, 1.54) is 0 Å². The summed E-state index contributed by atoms with van der Waals surface area (Å²) < 4.78 is 4.43. The van der Waals surface area contributed by atoms with Crippen LogP contribution in [0.2, 0.25) is 0 Å². The number of hydrogen-bond donors (Lipinski definition) is 5. The minimum atomic E-state index is -1.37. The summed E-state index contributed by atoms with van der Waals surface area (Å²) in [7, 11) is 0. The van der Waals surface area contributed by atoms with Crippen LogP contribution in [0.1, 0.15) is 12.8 Å². The van der Waals surface area contributed by atoms with Crippen LogP contribution in [0.4, 0.5) is 4.79 Å². The SMILES string of the molecule is O=CO[C@H](CS)NC(=O)N[C@@H](CCC(=O)O)C(=O)O. The fraction of sp³-hybridized carbons (Fsp3) is 0.556. The number of ether oxygens (including phenoxy) is 1. The molecular weight excluding hydrogens is 280 g/mol. The van der Waals surface area contributed by atoms with Crippen LogP contribution in [0, 0.1) is 0 Å². The quantitative estimate of drug-likeness (QED) is 0.209. The van der Waals surface area contributed by atoms with E-state index in [-0.39, 0.29) is 18.6 Å². The van der Waals surface area contributed by atoms with Gasteiger partial charge in [-0.25, -0.2) is 9.59 Å².